The number of amides is 1. The van der Waals surface area contributed by atoms with Crippen LogP contribution in [0.5, 0.6) is 0 Å². The summed E-state index contributed by atoms with van der Waals surface area (Å²) in [6, 6.07) is 10.4. The van der Waals surface area contributed by atoms with Gasteiger partial charge in [0.1, 0.15) is 0 Å². The van der Waals surface area contributed by atoms with E-state index < -0.39 is 0 Å². The number of nitrogens with two attached hydrogens (primary N) is 1. The van der Waals surface area contributed by atoms with Gasteiger partial charge in [0.25, 0.3) is 0 Å². The maximum Gasteiger partial charge on any atom is 0.234 e. The number of carbonyl (C=O) groups is 1. The van der Waals surface area contributed by atoms with Gasteiger partial charge in [-0.2, -0.15) is 0 Å². The number of carbonyl (C=O) groups excluding carboxylic acids is 1. The Hall–Kier alpha value is -1.39. The maximum atomic E-state index is 12.1. The Labute approximate surface area is 126 Å². The molecule has 3 rings (SSSR count). The van der Waals surface area contributed by atoms with Crippen LogP contribution in [0.25, 0.3) is 0 Å². The zero-order valence-corrected chi connectivity index (χ0v) is 12.5. The van der Waals surface area contributed by atoms with Crippen molar-refractivity contribution in [1.29, 1.82) is 0 Å². The fourth-order valence-electron chi connectivity index (χ4n) is 3.79. The second-order valence-electron chi connectivity index (χ2n) is 6.48. The lowest BCUT2D eigenvalue weighted by molar-refractivity contribution is -0.122. The molecule has 1 saturated carbocycles. The molecule has 1 saturated heterocycles. The number of nitrogens with one attached hydrogen (secondary N) is 1. The van der Waals surface area contributed by atoms with Crippen LogP contribution in [-0.4, -0.2) is 36.5 Å². The summed E-state index contributed by atoms with van der Waals surface area (Å²) in [6.45, 7) is 3.15. The van der Waals surface area contributed by atoms with Crippen LogP contribution in [0.15, 0.2) is 30.3 Å². The molecule has 0 bridgehead atoms. The van der Waals surface area contributed by atoms with Gasteiger partial charge < -0.3 is 11.1 Å². The van der Waals surface area contributed by atoms with E-state index in [1.807, 2.05) is 30.3 Å². The Balaban J connectivity index is 1.45. The van der Waals surface area contributed by atoms with Crippen LogP contribution in [0.4, 0.5) is 0 Å². The lowest BCUT2D eigenvalue weighted by Gasteiger charge is -2.29. The molecular weight excluding hydrogens is 262 g/mol. The molecule has 1 aliphatic heterocycles. The van der Waals surface area contributed by atoms with Crippen LogP contribution in [0.1, 0.15) is 24.8 Å². The Morgan fingerprint density at radius 3 is 2.81 bits per heavy atom. The first kappa shape index (κ1) is 14.5. The first-order chi connectivity index (χ1) is 10.2. The number of nitrogens with zero attached hydrogens (tertiary/aromatic N) is 1. The molecule has 0 spiro atoms. The Morgan fingerprint density at radius 2 is 2.05 bits per heavy atom. The van der Waals surface area contributed by atoms with Gasteiger partial charge in [0.2, 0.25) is 5.91 Å². The zero-order valence-electron chi connectivity index (χ0n) is 12.5. The minimum absolute atomic E-state index is 0.117. The summed E-state index contributed by atoms with van der Waals surface area (Å²) in [6.07, 6.45) is 3.67. The topological polar surface area (TPSA) is 58.4 Å². The molecule has 0 aromatic heterocycles. The van der Waals surface area contributed by atoms with E-state index >= 15 is 0 Å². The van der Waals surface area contributed by atoms with Gasteiger partial charge in [0.05, 0.1) is 6.54 Å². The third kappa shape index (κ3) is 3.63. The van der Waals surface area contributed by atoms with E-state index in [0.29, 0.717) is 31.0 Å². The third-order valence-corrected chi connectivity index (χ3v) is 4.93. The summed E-state index contributed by atoms with van der Waals surface area (Å²) in [5.41, 5.74) is 7.36. The van der Waals surface area contributed by atoms with Crippen LogP contribution in [-0.2, 0) is 11.3 Å². The standard InChI is InChI=1S/C17H25N3O/c18-16-8-4-7-14-10-20(11-15(14)16)12-17(21)19-9-13-5-2-1-3-6-13/h1-3,5-6,14-16H,4,7-12,18H2,(H,19,21). The van der Waals surface area contributed by atoms with Crippen LogP contribution < -0.4 is 11.1 Å². The molecule has 2 aliphatic rings. The highest BCUT2D eigenvalue weighted by Gasteiger charge is 2.38. The van der Waals surface area contributed by atoms with E-state index in [2.05, 4.69) is 10.2 Å². The Bertz CT molecular complexity index is 476. The summed E-state index contributed by atoms with van der Waals surface area (Å²) in [5.74, 6) is 1.42. The Morgan fingerprint density at radius 1 is 1.24 bits per heavy atom. The van der Waals surface area contributed by atoms with Crippen LogP contribution in [0.2, 0.25) is 0 Å². The number of rotatable bonds is 4. The van der Waals surface area contributed by atoms with Gasteiger partial charge in [-0.05, 0) is 30.2 Å². The first-order valence-corrected chi connectivity index (χ1v) is 8.01. The van der Waals surface area contributed by atoms with Crippen molar-refractivity contribution in [3.8, 4) is 0 Å². The van der Waals surface area contributed by atoms with Crippen molar-refractivity contribution >= 4 is 5.91 Å². The molecule has 1 aromatic carbocycles. The molecule has 1 heterocycles. The monoisotopic (exact) mass is 287 g/mol. The van der Waals surface area contributed by atoms with Crippen molar-refractivity contribution in [2.45, 2.75) is 31.8 Å². The molecule has 1 amide bonds. The molecule has 21 heavy (non-hydrogen) atoms. The summed E-state index contributed by atoms with van der Waals surface area (Å²) < 4.78 is 0. The number of benzene rings is 1. The quantitative estimate of drug-likeness (QED) is 0.879. The summed E-state index contributed by atoms with van der Waals surface area (Å²) in [4.78, 5) is 14.4. The lowest BCUT2D eigenvalue weighted by atomic mass is 9.78. The van der Waals surface area contributed by atoms with Gasteiger partial charge in [-0.1, -0.05) is 36.8 Å². The van der Waals surface area contributed by atoms with E-state index in [4.69, 9.17) is 5.73 Å². The first-order valence-electron chi connectivity index (χ1n) is 8.01. The summed E-state index contributed by atoms with van der Waals surface area (Å²) in [7, 11) is 0. The lowest BCUT2D eigenvalue weighted by Crippen LogP contribution is -2.39. The molecule has 4 heteroatoms. The van der Waals surface area contributed by atoms with E-state index in [-0.39, 0.29) is 5.91 Å². The van der Waals surface area contributed by atoms with E-state index in [1.54, 1.807) is 0 Å². The number of likely N-dealkylation sites (tertiary alicyclic amines) is 1. The second-order valence-corrected chi connectivity index (χ2v) is 6.48. The minimum atomic E-state index is 0.117. The third-order valence-electron chi connectivity index (χ3n) is 4.93. The molecule has 0 radical (unpaired) electrons. The van der Waals surface area contributed by atoms with Gasteiger partial charge in [-0.3, -0.25) is 9.69 Å². The van der Waals surface area contributed by atoms with Crippen molar-refractivity contribution in [2.75, 3.05) is 19.6 Å². The smallest absolute Gasteiger partial charge is 0.234 e. The van der Waals surface area contributed by atoms with Gasteiger partial charge in [0, 0.05) is 25.7 Å². The van der Waals surface area contributed by atoms with Crippen molar-refractivity contribution < 1.29 is 4.79 Å². The molecule has 4 nitrogen and oxygen atoms in total. The van der Waals surface area contributed by atoms with Crippen molar-refractivity contribution in [2.24, 2.45) is 17.6 Å². The normalized spacial score (nSPS) is 29.1. The average molecular weight is 287 g/mol. The summed E-state index contributed by atoms with van der Waals surface area (Å²) in [5, 5.41) is 3.01. The molecular formula is C17H25N3O. The molecule has 2 fully saturated rings. The predicted molar refractivity (Wildman–Crippen MR) is 83.5 cm³/mol. The second kappa shape index (κ2) is 6.58. The van der Waals surface area contributed by atoms with Crippen LogP contribution in [0, 0.1) is 11.8 Å². The highest BCUT2D eigenvalue weighted by atomic mass is 16.2. The number of hydrogen-bond donors (Lipinski definition) is 2. The fourth-order valence-corrected chi connectivity index (χ4v) is 3.79. The maximum absolute atomic E-state index is 12.1. The van der Waals surface area contributed by atoms with E-state index in [0.717, 1.165) is 25.1 Å². The van der Waals surface area contributed by atoms with E-state index in [1.165, 1.54) is 12.8 Å². The van der Waals surface area contributed by atoms with Crippen molar-refractivity contribution in [3.05, 3.63) is 35.9 Å². The molecule has 1 aliphatic carbocycles. The number of hydrogen-bond acceptors (Lipinski definition) is 3. The average Bonchev–Trinajstić information content (AvgIpc) is 2.90. The predicted octanol–water partition coefficient (Wildman–Crippen LogP) is 1.36. The largest absolute Gasteiger partial charge is 0.351 e. The molecule has 1 aromatic rings. The van der Waals surface area contributed by atoms with Crippen molar-refractivity contribution in [1.82, 2.24) is 10.2 Å². The van der Waals surface area contributed by atoms with Gasteiger partial charge in [-0.15, -0.1) is 0 Å². The van der Waals surface area contributed by atoms with Crippen LogP contribution >= 0.6 is 0 Å². The fraction of sp³-hybridized carbons (Fsp3) is 0.588. The van der Waals surface area contributed by atoms with Gasteiger partial charge in [0.15, 0.2) is 0 Å². The van der Waals surface area contributed by atoms with Crippen molar-refractivity contribution in [3.63, 3.8) is 0 Å². The van der Waals surface area contributed by atoms with Gasteiger partial charge >= 0.3 is 0 Å². The van der Waals surface area contributed by atoms with Gasteiger partial charge in [-0.25, -0.2) is 0 Å². The molecule has 3 N–H and O–H groups in total. The molecule has 3 atom stereocenters. The number of fused-ring (bicyclic) bond motifs is 1. The van der Waals surface area contributed by atoms with E-state index in [9.17, 15) is 4.79 Å². The Kier molecular flexibility index (Phi) is 4.56. The van der Waals surface area contributed by atoms with Crippen LogP contribution in [0.3, 0.4) is 0 Å². The minimum Gasteiger partial charge on any atom is -0.351 e. The highest BCUT2D eigenvalue weighted by molar-refractivity contribution is 5.78. The SMILES string of the molecule is NC1CCCC2CN(CC(=O)NCc3ccccc3)CC12. The highest BCUT2D eigenvalue weighted by Crippen LogP contribution is 2.35. The zero-order chi connectivity index (χ0) is 14.7. The summed E-state index contributed by atoms with van der Waals surface area (Å²) >= 11 is 0. The molecule has 114 valence electrons. The molecule has 3 unspecified atom stereocenters.